The van der Waals surface area contributed by atoms with Gasteiger partial charge in [0, 0.05) is 23.6 Å². The highest BCUT2D eigenvalue weighted by molar-refractivity contribution is 8.76. The number of hydrogen-bond acceptors (Lipinski definition) is 10. The van der Waals surface area contributed by atoms with Crippen LogP contribution in [0.4, 0.5) is 11.4 Å². The highest BCUT2D eigenvalue weighted by Gasteiger charge is 2.14. The zero-order valence-corrected chi connectivity index (χ0v) is 26.8. The van der Waals surface area contributed by atoms with E-state index >= 15 is 0 Å². The third-order valence-corrected chi connectivity index (χ3v) is 10.6. The van der Waals surface area contributed by atoms with E-state index in [1.54, 1.807) is 31.0 Å². The Morgan fingerprint density at radius 2 is 0.932 bits per heavy atom. The molecule has 218 valence electrons. The maximum Gasteiger partial charge on any atom is 0.213 e. The molecule has 2 aromatic heterocycles. The molecule has 0 amide bonds. The molecule has 12 heteroatoms. The fraction of sp³-hybridized carbons (Fsp3) is 0.0625. The van der Waals surface area contributed by atoms with Gasteiger partial charge in [-0.15, -0.1) is 0 Å². The summed E-state index contributed by atoms with van der Waals surface area (Å²) in [6.07, 6.45) is 0. The van der Waals surface area contributed by atoms with Crippen molar-refractivity contribution >= 4 is 67.2 Å². The molecule has 44 heavy (non-hydrogen) atoms. The quantitative estimate of drug-likeness (QED) is 0.117. The number of aromatic nitrogens is 4. The fourth-order valence-corrected chi connectivity index (χ4v) is 7.86. The van der Waals surface area contributed by atoms with Crippen molar-refractivity contribution in [2.45, 2.75) is 23.6 Å². The summed E-state index contributed by atoms with van der Waals surface area (Å²) in [6, 6.07) is 35.1. The summed E-state index contributed by atoms with van der Waals surface area (Å²) < 4.78 is 3.41. The minimum Gasteiger partial charge on any atom is -0.292 e. The summed E-state index contributed by atoms with van der Waals surface area (Å²) in [6.45, 7) is 3.02. The van der Waals surface area contributed by atoms with Gasteiger partial charge in [0.05, 0.1) is 22.7 Å². The molecule has 6 rings (SSSR count). The number of benzene rings is 4. The van der Waals surface area contributed by atoms with Crippen LogP contribution in [-0.2, 0) is 0 Å². The van der Waals surface area contributed by atoms with E-state index in [1.807, 2.05) is 109 Å². The molecule has 0 aliphatic rings. The molecule has 8 nitrogen and oxygen atoms in total. The predicted molar refractivity (Wildman–Crippen MR) is 178 cm³/mol. The summed E-state index contributed by atoms with van der Waals surface area (Å²) >= 11 is 2.52. The first-order valence-electron chi connectivity index (χ1n) is 13.4. The molecule has 0 saturated heterocycles. The first-order valence-corrected chi connectivity index (χ1v) is 17.2. The number of para-hydroxylation sites is 4. The fourth-order valence-electron chi connectivity index (χ4n) is 4.00. The van der Waals surface area contributed by atoms with Crippen molar-refractivity contribution in [2.75, 3.05) is 0 Å². The van der Waals surface area contributed by atoms with E-state index in [1.165, 1.54) is 36.5 Å². The van der Waals surface area contributed by atoms with E-state index in [0.717, 1.165) is 32.5 Å². The Bertz CT molecular complexity index is 1950. The topological polar surface area (TPSA) is 94.5 Å². The van der Waals surface area contributed by atoms with Crippen LogP contribution in [0.5, 0.6) is 0 Å². The first-order chi connectivity index (χ1) is 21.5. The lowest BCUT2D eigenvalue weighted by atomic mass is 10.3. The minimum atomic E-state index is -0.107. The van der Waals surface area contributed by atoms with Crippen LogP contribution in [0.1, 0.15) is 33.5 Å². The van der Waals surface area contributed by atoms with E-state index < -0.39 is 0 Å². The molecule has 0 spiro atoms. The molecule has 6 aromatic rings. The van der Waals surface area contributed by atoms with Crippen LogP contribution in [0.2, 0.25) is 0 Å². The normalized spacial score (nSPS) is 12.0. The van der Waals surface area contributed by atoms with Crippen LogP contribution in [0.3, 0.4) is 0 Å². The molecule has 0 bridgehead atoms. The smallest absolute Gasteiger partial charge is 0.213 e. The molecular formula is C32H24N6O2S4. The summed E-state index contributed by atoms with van der Waals surface area (Å²) in [7, 11) is 3.13. The molecule has 2 heterocycles. The summed E-state index contributed by atoms with van der Waals surface area (Å²) in [4.78, 5) is 37.4. The Hall–Kier alpha value is -4.36. The molecule has 0 fully saturated rings. The second-order valence-electron chi connectivity index (χ2n) is 9.31. The zero-order chi connectivity index (χ0) is 30.5. The maximum absolute atomic E-state index is 12.2. The van der Waals surface area contributed by atoms with Crippen LogP contribution >= 0.6 is 44.3 Å². The molecule has 0 saturated carbocycles. The van der Waals surface area contributed by atoms with E-state index in [-0.39, 0.29) is 11.6 Å². The number of carbonyl (C=O) groups is 2. The van der Waals surface area contributed by atoms with E-state index in [0.29, 0.717) is 19.6 Å². The van der Waals surface area contributed by atoms with Crippen molar-refractivity contribution in [3.63, 3.8) is 0 Å². The maximum atomic E-state index is 12.2. The predicted octanol–water partition coefficient (Wildman–Crippen LogP) is 7.85. The lowest BCUT2D eigenvalue weighted by Gasteiger charge is -2.07. The number of ketones is 2. The third-order valence-electron chi connectivity index (χ3n) is 6.11. The van der Waals surface area contributed by atoms with Crippen molar-refractivity contribution in [3.8, 4) is 11.4 Å². The average Bonchev–Trinajstić information content (AvgIpc) is 3.67. The minimum absolute atomic E-state index is 0.107. The molecule has 0 radical (unpaired) electrons. The largest absolute Gasteiger partial charge is 0.292 e. The van der Waals surface area contributed by atoms with Crippen molar-refractivity contribution in [3.05, 3.63) is 129 Å². The van der Waals surface area contributed by atoms with Crippen molar-refractivity contribution in [2.24, 2.45) is 9.98 Å². The average molecular weight is 653 g/mol. The number of carbonyl (C=O) groups excluding carboxylic acids is 2. The monoisotopic (exact) mass is 652 g/mol. The number of rotatable bonds is 9. The van der Waals surface area contributed by atoms with E-state index in [4.69, 9.17) is 9.98 Å². The van der Waals surface area contributed by atoms with Crippen LogP contribution in [0, 0.1) is 0 Å². The van der Waals surface area contributed by atoms with E-state index in [2.05, 4.69) is 10.2 Å². The Labute approximate surface area is 268 Å². The summed E-state index contributed by atoms with van der Waals surface area (Å²) in [5.41, 5.74) is 3.18. The molecule has 4 aromatic carbocycles. The number of nitrogens with zero attached hydrogens (tertiary/aromatic N) is 6. The SMILES string of the molecule is CC(=O)c1nn(-c2ccccc2)c(=Nc2ccccc2SSc2ccccc2N=c2sc(C(C)=O)nn2-c2ccccc2)s1. The third kappa shape index (κ3) is 6.73. The number of hydrogen-bond donors (Lipinski definition) is 0. The van der Waals surface area contributed by atoms with Gasteiger partial charge in [0.15, 0.2) is 21.6 Å². The second kappa shape index (κ2) is 13.5. The molecule has 0 atom stereocenters. The van der Waals surface area contributed by atoms with Gasteiger partial charge in [0.2, 0.25) is 9.60 Å². The van der Waals surface area contributed by atoms with Gasteiger partial charge in [0.1, 0.15) is 0 Å². The Balaban J connectivity index is 1.35. The molecule has 0 unspecified atom stereocenters. The van der Waals surface area contributed by atoms with E-state index in [9.17, 15) is 9.59 Å². The highest BCUT2D eigenvalue weighted by Crippen LogP contribution is 2.44. The lowest BCUT2D eigenvalue weighted by Crippen LogP contribution is -2.14. The van der Waals surface area contributed by atoms with Gasteiger partial charge in [-0.05, 0) is 48.5 Å². The Morgan fingerprint density at radius 1 is 0.568 bits per heavy atom. The van der Waals surface area contributed by atoms with Crippen LogP contribution in [0.25, 0.3) is 11.4 Å². The standard InChI is InChI=1S/C32H24N6O2S4/c1-21(39)29-35-37(23-13-5-3-6-14-23)31(41-29)33-25-17-9-11-19-27(25)43-44-28-20-12-10-18-26(28)34-32-38(24-15-7-4-8-16-24)36-30(42-32)22(2)40/h3-20H,1-2H3. The van der Waals surface area contributed by atoms with Gasteiger partial charge >= 0.3 is 0 Å². The van der Waals surface area contributed by atoms with Gasteiger partial charge < -0.3 is 0 Å². The molecule has 0 aliphatic carbocycles. The molecule has 0 N–H and O–H groups in total. The Kier molecular flexibility index (Phi) is 9.12. The first kappa shape index (κ1) is 29.7. The second-order valence-corrected chi connectivity index (χ2v) is 13.4. The zero-order valence-electron chi connectivity index (χ0n) is 23.5. The lowest BCUT2D eigenvalue weighted by molar-refractivity contribution is 0.100. The van der Waals surface area contributed by atoms with Crippen molar-refractivity contribution < 1.29 is 9.59 Å². The Morgan fingerprint density at radius 3 is 1.32 bits per heavy atom. The van der Waals surface area contributed by atoms with Gasteiger partial charge in [0.25, 0.3) is 0 Å². The molecule has 0 aliphatic heterocycles. The van der Waals surface area contributed by atoms with Crippen LogP contribution in [-0.4, -0.2) is 31.1 Å². The summed E-state index contributed by atoms with van der Waals surface area (Å²) in [5.74, 6) is -0.214. The van der Waals surface area contributed by atoms with Gasteiger partial charge in [-0.3, -0.25) is 9.59 Å². The van der Waals surface area contributed by atoms with Gasteiger partial charge in [-0.1, -0.05) is 105 Å². The molecular weight excluding hydrogens is 629 g/mol. The highest BCUT2D eigenvalue weighted by atomic mass is 33.1. The number of Topliss-reactive ketones (excluding diaryl/α,β-unsaturated/α-hetero) is 2. The van der Waals surface area contributed by atoms with Gasteiger partial charge in [-0.25, -0.2) is 19.3 Å². The van der Waals surface area contributed by atoms with Crippen molar-refractivity contribution in [1.82, 2.24) is 19.6 Å². The summed E-state index contributed by atoms with van der Waals surface area (Å²) in [5, 5.41) is 9.85. The van der Waals surface area contributed by atoms with Crippen molar-refractivity contribution in [1.29, 1.82) is 0 Å². The van der Waals surface area contributed by atoms with Crippen LogP contribution < -0.4 is 9.60 Å². The van der Waals surface area contributed by atoms with Gasteiger partial charge in [-0.2, -0.15) is 10.2 Å². The van der Waals surface area contributed by atoms with Crippen LogP contribution in [0.15, 0.2) is 129 Å².